The summed E-state index contributed by atoms with van der Waals surface area (Å²) >= 11 is 3.23. The Morgan fingerprint density at radius 2 is 2.09 bits per heavy atom. The number of alkyl halides is 1. The number of hydrogen-bond donors (Lipinski definition) is 1. The van der Waals surface area contributed by atoms with E-state index in [1.807, 2.05) is 0 Å². The van der Waals surface area contributed by atoms with Gasteiger partial charge >= 0.3 is 0 Å². The van der Waals surface area contributed by atoms with Crippen molar-refractivity contribution in [3.63, 3.8) is 0 Å². The van der Waals surface area contributed by atoms with Gasteiger partial charge in [0.2, 0.25) is 5.91 Å². The first kappa shape index (κ1) is 10.6. The Hall–Kier alpha value is -0.380. The number of ketones is 1. The molecule has 0 unspecified atom stereocenters. The molecule has 0 aliphatic heterocycles. The summed E-state index contributed by atoms with van der Waals surface area (Å²) in [6.45, 7) is 2.04. The maximum absolute atomic E-state index is 10.8. The van der Waals surface area contributed by atoms with Gasteiger partial charge in [0.25, 0.3) is 0 Å². The first-order chi connectivity index (χ1) is 5.16. The van der Waals surface area contributed by atoms with E-state index in [-0.39, 0.29) is 18.1 Å². The van der Waals surface area contributed by atoms with Crippen LogP contribution in [0.25, 0.3) is 0 Å². The highest BCUT2D eigenvalue weighted by Crippen LogP contribution is 1.86. The fourth-order valence-corrected chi connectivity index (χ4v) is 0.864. The van der Waals surface area contributed by atoms with Crippen molar-refractivity contribution in [2.45, 2.75) is 19.8 Å². The third kappa shape index (κ3) is 7.52. The maximum atomic E-state index is 10.8. The zero-order chi connectivity index (χ0) is 8.69. The van der Waals surface area contributed by atoms with Gasteiger partial charge in [-0.15, -0.1) is 0 Å². The molecule has 11 heavy (non-hydrogen) atoms. The number of Topliss-reactive ketones (excluding diaryl/α,β-unsaturated/α-hetero) is 1. The molecule has 0 rings (SSSR count). The molecule has 0 aromatic rings. The second-order valence-corrected chi connectivity index (χ2v) is 3.06. The highest BCUT2D eigenvalue weighted by atomic mass is 79.9. The molecule has 4 heteroatoms. The van der Waals surface area contributed by atoms with Crippen LogP contribution in [0.3, 0.4) is 0 Å². The van der Waals surface area contributed by atoms with Crippen LogP contribution in [-0.4, -0.2) is 23.6 Å². The van der Waals surface area contributed by atoms with Crippen molar-refractivity contribution < 1.29 is 9.59 Å². The zero-order valence-electron chi connectivity index (χ0n) is 6.52. The Bertz CT molecular complexity index is 147. The summed E-state index contributed by atoms with van der Waals surface area (Å²) in [6.07, 6.45) is 0.895. The summed E-state index contributed by atoms with van der Waals surface area (Å²) in [5.74, 6) is -0.278. The van der Waals surface area contributed by atoms with Crippen LogP contribution in [0.5, 0.6) is 0 Å². The third-order valence-corrected chi connectivity index (χ3v) is 1.60. The zero-order valence-corrected chi connectivity index (χ0v) is 8.11. The number of rotatable bonds is 5. The topological polar surface area (TPSA) is 46.2 Å². The quantitative estimate of drug-likeness (QED) is 0.426. The lowest BCUT2D eigenvalue weighted by molar-refractivity contribution is -0.127. The van der Waals surface area contributed by atoms with Gasteiger partial charge in [-0.1, -0.05) is 15.9 Å². The van der Waals surface area contributed by atoms with Crippen molar-refractivity contribution in [2.24, 2.45) is 0 Å². The van der Waals surface area contributed by atoms with Crippen molar-refractivity contribution in [3.05, 3.63) is 0 Å². The number of hydrogen-bond acceptors (Lipinski definition) is 2. The van der Waals surface area contributed by atoms with Gasteiger partial charge in [0.05, 0.1) is 6.42 Å². The van der Waals surface area contributed by atoms with Crippen LogP contribution in [-0.2, 0) is 9.59 Å². The van der Waals surface area contributed by atoms with Gasteiger partial charge in [0, 0.05) is 11.9 Å². The summed E-state index contributed by atoms with van der Waals surface area (Å²) < 4.78 is 0. The average Bonchev–Trinajstić information content (AvgIpc) is 1.86. The van der Waals surface area contributed by atoms with Gasteiger partial charge in [-0.05, 0) is 13.3 Å². The molecule has 0 aliphatic rings. The summed E-state index contributed by atoms with van der Waals surface area (Å²) in [4.78, 5) is 21.2. The van der Waals surface area contributed by atoms with E-state index in [1.165, 1.54) is 6.92 Å². The van der Waals surface area contributed by atoms with Crippen LogP contribution < -0.4 is 5.32 Å². The Kier molecular flexibility index (Phi) is 6.12. The number of halogens is 1. The van der Waals surface area contributed by atoms with Crippen LogP contribution in [0, 0.1) is 0 Å². The minimum Gasteiger partial charge on any atom is -0.356 e. The molecule has 0 bridgehead atoms. The van der Waals surface area contributed by atoms with Crippen LogP contribution in [0.2, 0.25) is 0 Å². The van der Waals surface area contributed by atoms with Crippen molar-refractivity contribution in [1.82, 2.24) is 5.32 Å². The van der Waals surface area contributed by atoms with E-state index in [1.54, 1.807) is 0 Å². The third-order valence-electron chi connectivity index (χ3n) is 1.04. The molecular weight excluding hydrogens is 210 g/mol. The molecule has 0 fully saturated rings. The molecule has 0 radical (unpaired) electrons. The van der Waals surface area contributed by atoms with Gasteiger partial charge in [-0.3, -0.25) is 9.59 Å². The Morgan fingerprint density at radius 3 is 2.55 bits per heavy atom. The van der Waals surface area contributed by atoms with E-state index in [2.05, 4.69) is 21.2 Å². The second-order valence-electron chi connectivity index (χ2n) is 2.27. The van der Waals surface area contributed by atoms with E-state index in [0.29, 0.717) is 6.54 Å². The van der Waals surface area contributed by atoms with Crippen molar-refractivity contribution >= 4 is 27.6 Å². The smallest absolute Gasteiger partial charge is 0.227 e. The maximum Gasteiger partial charge on any atom is 0.227 e. The monoisotopic (exact) mass is 221 g/mol. The summed E-state index contributed by atoms with van der Waals surface area (Å²) in [5.41, 5.74) is 0. The van der Waals surface area contributed by atoms with Crippen molar-refractivity contribution in [2.75, 3.05) is 11.9 Å². The van der Waals surface area contributed by atoms with Crippen molar-refractivity contribution in [1.29, 1.82) is 0 Å². The van der Waals surface area contributed by atoms with E-state index < -0.39 is 0 Å². The SMILES string of the molecule is CC(=O)CC(=O)NCCCBr. The molecule has 1 N–H and O–H groups in total. The summed E-state index contributed by atoms with van der Waals surface area (Å²) in [7, 11) is 0. The lowest BCUT2D eigenvalue weighted by Crippen LogP contribution is -2.26. The highest BCUT2D eigenvalue weighted by molar-refractivity contribution is 9.09. The number of amides is 1. The normalized spacial score (nSPS) is 9.27. The molecule has 3 nitrogen and oxygen atoms in total. The average molecular weight is 222 g/mol. The van der Waals surface area contributed by atoms with Gasteiger partial charge in [0.1, 0.15) is 5.78 Å². The van der Waals surface area contributed by atoms with Crippen LogP contribution in [0.4, 0.5) is 0 Å². The van der Waals surface area contributed by atoms with E-state index in [0.717, 1.165) is 11.8 Å². The molecule has 0 heterocycles. The Balaban J connectivity index is 3.30. The highest BCUT2D eigenvalue weighted by Gasteiger charge is 2.02. The molecular formula is C7H12BrNO2. The number of carbonyl (C=O) groups is 2. The Morgan fingerprint density at radius 1 is 1.45 bits per heavy atom. The lowest BCUT2D eigenvalue weighted by Gasteiger charge is -2.00. The summed E-state index contributed by atoms with van der Waals surface area (Å²) in [6, 6.07) is 0. The van der Waals surface area contributed by atoms with Gasteiger partial charge in [-0.2, -0.15) is 0 Å². The molecule has 0 atom stereocenters. The minimum atomic E-state index is -0.182. The molecule has 0 saturated heterocycles. The molecule has 1 amide bonds. The number of carbonyl (C=O) groups excluding carboxylic acids is 2. The van der Waals surface area contributed by atoms with Crippen molar-refractivity contribution in [3.8, 4) is 0 Å². The fraction of sp³-hybridized carbons (Fsp3) is 0.714. The van der Waals surface area contributed by atoms with E-state index in [4.69, 9.17) is 0 Å². The fourth-order valence-electron chi connectivity index (χ4n) is 0.583. The van der Waals surface area contributed by atoms with E-state index >= 15 is 0 Å². The first-order valence-electron chi connectivity index (χ1n) is 3.49. The van der Waals surface area contributed by atoms with Gasteiger partial charge < -0.3 is 5.32 Å². The van der Waals surface area contributed by atoms with E-state index in [9.17, 15) is 9.59 Å². The summed E-state index contributed by atoms with van der Waals surface area (Å²) in [5, 5.41) is 3.49. The largest absolute Gasteiger partial charge is 0.356 e. The number of nitrogens with one attached hydrogen (secondary N) is 1. The van der Waals surface area contributed by atoms with Gasteiger partial charge in [0.15, 0.2) is 0 Å². The molecule has 0 saturated carbocycles. The predicted octanol–water partition coefficient (Wildman–Crippen LogP) is 0.867. The molecule has 0 aromatic heterocycles. The molecule has 0 aliphatic carbocycles. The Labute approximate surface area is 74.7 Å². The standard InChI is InChI=1S/C7H12BrNO2/c1-6(10)5-7(11)9-4-2-3-8/h2-5H2,1H3,(H,9,11). The lowest BCUT2D eigenvalue weighted by atomic mass is 10.3. The molecule has 64 valence electrons. The van der Waals surface area contributed by atoms with Crippen LogP contribution in [0.15, 0.2) is 0 Å². The second kappa shape index (κ2) is 6.34. The molecule has 0 spiro atoms. The molecule has 0 aromatic carbocycles. The van der Waals surface area contributed by atoms with Crippen LogP contribution >= 0.6 is 15.9 Å². The van der Waals surface area contributed by atoms with Gasteiger partial charge in [-0.25, -0.2) is 0 Å². The minimum absolute atomic E-state index is 0.00227. The van der Waals surface area contributed by atoms with Crippen LogP contribution in [0.1, 0.15) is 19.8 Å². The first-order valence-corrected chi connectivity index (χ1v) is 4.61. The predicted molar refractivity (Wildman–Crippen MR) is 46.7 cm³/mol.